The van der Waals surface area contributed by atoms with Gasteiger partial charge in [0.15, 0.2) is 5.58 Å². The molecule has 4 rings (SSSR count). The van der Waals surface area contributed by atoms with Gasteiger partial charge in [0.2, 0.25) is 0 Å². The third-order valence-corrected chi connectivity index (χ3v) is 5.29. The van der Waals surface area contributed by atoms with Crippen LogP contribution in [0, 0.1) is 0 Å². The number of hydrogen-bond acceptors (Lipinski definition) is 4. The fraction of sp³-hybridized carbons (Fsp3) is 0.286. The molecule has 0 unspecified atom stereocenters. The lowest BCUT2D eigenvalue weighted by Crippen LogP contribution is -2.49. The SMILES string of the molecule is CC(C)(O)C(C)(C)O[B]c1cccc2c1ccc1c3ccncc3oc21. The van der Waals surface area contributed by atoms with E-state index >= 15 is 0 Å². The molecule has 2 heterocycles. The lowest BCUT2D eigenvalue weighted by Gasteiger charge is -2.37. The minimum Gasteiger partial charge on any atom is -0.454 e. The fourth-order valence-corrected chi connectivity index (χ4v) is 2.93. The molecule has 2 aromatic heterocycles. The molecule has 131 valence electrons. The molecule has 0 aliphatic carbocycles. The highest BCUT2D eigenvalue weighted by atomic mass is 16.5. The van der Waals surface area contributed by atoms with Gasteiger partial charge in [-0.3, -0.25) is 4.98 Å². The Morgan fingerprint density at radius 3 is 2.46 bits per heavy atom. The van der Waals surface area contributed by atoms with Crippen molar-refractivity contribution in [1.29, 1.82) is 0 Å². The Hall–Kier alpha value is -2.37. The smallest absolute Gasteiger partial charge is 0.331 e. The molecule has 0 saturated heterocycles. The first-order valence-electron chi connectivity index (χ1n) is 8.69. The summed E-state index contributed by atoms with van der Waals surface area (Å²) in [7, 11) is 1.72. The van der Waals surface area contributed by atoms with Gasteiger partial charge < -0.3 is 14.2 Å². The van der Waals surface area contributed by atoms with Crippen molar-refractivity contribution in [1.82, 2.24) is 4.98 Å². The third-order valence-electron chi connectivity index (χ3n) is 5.29. The van der Waals surface area contributed by atoms with E-state index in [1.807, 2.05) is 38.1 Å². The number of pyridine rings is 1. The summed E-state index contributed by atoms with van der Waals surface area (Å²) in [5, 5.41) is 14.5. The van der Waals surface area contributed by atoms with E-state index in [9.17, 15) is 5.11 Å². The van der Waals surface area contributed by atoms with Crippen LogP contribution < -0.4 is 5.46 Å². The van der Waals surface area contributed by atoms with Crippen LogP contribution in [-0.4, -0.2) is 28.8 Å². The second-order valence-corrected chi connectivity index (χ2v) is 7.66. The molecule has 0 aliphatic heterocycles. The topological polar surface area (TPSA) is 55.5 Å². The number of aliphatic hydroxyl groups is 1. The van der Waals surface area contributed by atoms with Crippen LogP contribution in [0.1, 0.15) is 27.7 Å². The average Bonchev–Trinajstić information content (AvgIpc) is 2.98. The lowest BCUT2D eigenvalue weighted by atomic mass is 9.80. The maximum atomic E-state index is 10.3. The predicted octanol–water partition coefficient (Wildman–Crippen LogP) is 3.94. The van der Waals surface area contributed by atoms with E-state index in [2.05, 4.69) is 17.1 Å². The Labute approximate surface area is 153 Å². The number of hydrogen-bond donors (Lipinski definition) is 1. The molecule has 4 aromatic rings. The van der Waals surface area contributed by atoms with Crippen LogP contribution in [0.2, 0.25) is 0 Å². The minimum atomic E-state index is -0.965. The molecule has 2 aromatic carbocycles. The van der Waals surface area contributed by atoms with Crippen LogP contribution in [0.5, 0.6) is 0 Å². The van der Waals surface area contributed by atoms with Crippen LogP contribution in [-0.2, 0) is 4.65 Å². The Bertz CT molecular complexity index is 1110. The van der Waals surface area contributed by atoms with Crippen molar-refractivity contribution in [3.05, 3.63) is 48.8 Å². The van der Waals surface area contributed by atoms with Gasteiger partial charge in [0.1, 0.15) is 5.58 Å². The summed E-state index contributed by atoms with van der Waals surface area (Å²) in [5.74, 6) is 0. The summed E-state index contributed by atoms with van der Waals surface area (Å²) in [5.41, 5.74) is 0.892. The molecule has 0 spiro atoms. The van der Waals surface area contributed by atoms with E-state index in [0.29, 0.717) is 0 Å². The van der Waals surface area contributed by atoms with E-state index in [4.69, 9.17) is 9.07 Å². The van der Waals surface area contributed by atoms with Gasteiger partial charge in [-0.15, -0.1) is 0 Å². The van der Waals surface area contributed by atoms with E-state index in [1.54, 1.807) is 33.7 Å². The first-order chi connectivity index (χ1) is 12.3. The van der Waals surface area contributed by atoms with Crippen LogP contribution in [0.15, 0.2) is 53.2 Å². The number of rotatable bonds is 4. The fourth-order valence-electron chi connectivity index (χ4n) is 2.93. The molecule has 1 radical (unpaired) electrons. The molecule has 1 N–H and O–H groups in total. The van der Waals surface area contributed by atoms with E-state index < -0.39 is 11.2 Å². The molecule has 0 fully saturated rings. The highest BCUT2D eigenvalue weighted by Crippen LogP contribution is 2.33. The Morgan fingerprint density at radius 1 is 0.962 bits per heavy atom. The number of aromatic nitrogens is 1. The highest BCUT2D eigenvalue weighted by Gasteiger charge is 2.35. The second-order valence-electron chi connectivity index (χ2n) is 7.66. The summed E-state index contributed by atoms with van der Waals surface area (Å²) in [6, 6.07) is 12.2. The first-order valence-corrected chi connectivity index (χ1v) is 8.69. The van der Waals surface area contributed by atoms with Crippen molar-refractivity contribution in [2.24, 2.45) is 0 Å². The quantitative estimate of drug-likeness (QED) is 0.569. The van der Waals surface area contributed by atoms with E-state index in [-0.39, 0.29) is 0 Å². The summed E-state index contributed by atoms with van der Waals surface area (Å²) in [6.07, 6.45) is 3.52. The lowest BCUT2D eigenvalue weighted by molar-refractivity contribution is -0.0893. The van der Waals surface area contributed by atoms with Gasteiger partial charge in [0.25, 0.3) is 0 Å². The van der Waals surface area contributed by atoms with Crippen LogP contribution in [0.3, 0.4) is 0 Å². The molecule has 26 heavy (non-hydrogen) atoms. The molecule has 0 saturated carbocycles. The van der Waals surface area contributed by atoms with Crippen molar-refractivity contribution >= 4 is 45.7 Å². The zero-order valence-corrected chi connectivity index (χ0v) is 15.4. The largest absolute Gasteiger partial charge is 0.454 e. The van der Waals surface area contributed by atoms with Gasteiger partial charge in [-0.05, 0) is 50.7 Å². The average molecular weight is 346 g/mol. The minimum absolute atomic E-state index is 0.718. The standard InChI is InChI=1S/C21H21BNO3/c1-20(2,24)21(3,4)26-22-17-7-5-6-15-13(17)8-9-16-14-10-11-23-12-18(14)25-19(15)16/h5-12,24H,1-4H3. The molecule has 4 nitrogen and oxygen atoms in total. The van der Waals surface area contributed by atoms with E-state index in [0.717, 1.165) is 38.2 Å². The van der Waals surface area contributed by atoms with Gasteiger partial charge >= 0.3 is 7.48 Å². The predicted molar refractivity (Wildman–Crippen MR) is 106 cm³/mol. The summed E-state index contributed by atoms with van der Waals surface area (Å²) >= 11 is 0. The van der Waals surface area contributed by atoms with Crippen LogP contribution >= 0.6 is 0 Å². The van der Waals surface area contributed by atoms with Crippen molar-refractivity contribution in [3.63, 3.8) is 0 Å². The number of furan rings is 1. The van der Waals surface area contributed by atoms with Gasteiger partial charge in [-0.1, -0.05) is 24.3 Å². The summed E-state index contributed by atoms with van der Waals surface area (Å²) in [4.78, 5) is 4.14. The van der Waals surface area contributed by atoms with Gasteiger partial charge in [-0.2, -0.15) is 0 Å². The molecule has 0 bridgehead atoms. The van der Waals surface area contributed by atoms with Crippen LogP contribution in [0.25, 0.3) is 32.7 Å². The Morgan fingerprint density at radius 2 is 1.69 bits per heavy atom. The third kappa shape index (κ3) is 2.68. The molecule has 5 heteroatoms. The molecule has 0 atom stereocenters. The monoisotopic (exact) mass is 346 g/mol. The Kier molecular flexibility index (Phi) is 3.83. The van der Waals surface area contributed by atoms with Gasteiger partial charge in [0.05, 0.1) is 17.4 Å². The maximum absolute atomic E-state index is 10.3. The second kappa shape index (κ2) is 5.83. The van der Waals surface area contributed by atoms with Crippen molar-refractivity contribution < 1.29 is 14.2 Å². The van der Waals surface area contributed by atoms with Crippen molar-refractivity contribution in [3.8, 4) is 0 Å². The Balaban J connectivity index is 1.81. The van der Waals surface area contributed by atoms with Crippen molar-refractivity contribution in [2.45, 2.75) is 38.9 Å². The van der Waals surface area contributed by atoms with Gasteiger partial charge in [0, 0.05) is 22.4 Å². The summed E-state index contributed by atoms with van der Waals surface area (Å²) < 4.78 is 12.0. The maximum Gasteiger partial charge on any atom is 0.331 e. The summed E-state index contributed by atoms with van der Waals surface area (Å²) in [6.45, 7) is 7.24. The number of fused-ring (bicyclic) bond motifs is 5. The van der Waals surface area contributed by atoms with Crippen molar-refractivity contribution in [2.75, 3.05) is 0 Å². The molecular formula is C21H21BNO3. The zero-order chi connectivity index (χ0) is 18.5. The molecule has 0 aliphatic rings. The zero-order valence-electron chi connectivity index (χ0n) is 15.4. The molecular weight excluding hydrogens is 325 g/mol. The number of nitrogens with zero attached hydrogens (tertiary/aromatic N) is 1. The highest BCUT2D eigenvalue weighted by molar-refractivity contribution is 6.52. The molecule has 0 amide bonds. The van der Waals surface area contributed by atoms with Gasteiger partial charge in [-0.25, -0.2) is 0 Å². The van der Waals surface area contributed by atoms with E-state index in [1.165, 1.54) is 0 Å². The van der Waals surface area contributed by atoms with Crippen LogP contribution in [0.4, 0.5) is 0 Å². The first kappa shape index (κ1) is 17.1. The number of benzene rings is 2. The normalized spacial score (nSPS) is 13.0.